The van der Waals surface area contributed by atoms with Crippen LogP contribution < -0.4 is 10.5 Å². The third-order valence-corrected chi connectivity index (χ3v) is 6.51. The minimum atomic E-state index is -0.817. The number of nitrogens with zero attached hydrogens (tertiary/aromatic N) is 4. The molecule has 2 N–H and O–H groups in total. The number of amides is 1. The predicted octanol–water partition coefficient (Wildman–Crippen LogP) is 6.05. The molecule has 39 heavy (non-hydrogen) atoms. The van der Waals surface area contributed by atoms with Gasteiger partial charge >= 0.3 is 6.09 Å². The highest BCUT2D eigenvalue weighted by atomic mass is 19.1. The molecular weight excluding hydrogens is 504 g/mol. The lowest BCUT2D eigenvalue weighted by molar-refractivity contribution is 0.0791. The predicted molar refractivity (Wildman–Crippen MR) is 140 cm³/mol. The standard InChI is InChI=1S/C29H25F2N5O3/c30-21-10-13-26(25(31)15-21)39-23-11-8-20(9-12-23)27-24(16-32)28(33)36(34-27)22-7-4-14-35(17-22)29(37)38-18-19-5-2-1-3-6-19/h1-3,5-6,8-13,15,22H,4,7,14,17-18,33H2. The van der Waals surface area contributed by atoms with Crippen LogP contribution in [0.25, 0.3) is 11.3 Å². The number of rotatable bonds is 6. The number of halogens is 2. The number of hydrogen-bond acceptors (Lipinski definition) is 6. The molecule has 10 heteroatoms. The van der Waals surface area contributed by atoms with E-state index < -0.39 is 17.7 Å². The van der Waals surface area contributed by atoms with Crippen LogP contribution in [-0.4, -0.2) is 33.9 Å². The molecule has 1 atom stereocenters. The Labute approximate surface area is 223 Å². The SMILES string of the molecule is N#Cc1c(-c2ccc(Oc3ccc(F)cc3F)cc2)nn(C2CCCN(C(=O)OCc3ccccc3)C2)c1N. The van der Waals surface area contributed by atoms with Crippen molar-refractivity contribution in [2.45, 2.75) is 25.5 Å². The van der Waals surface area contributed by atoms with E-state index in [1.54, 1.807) is 33.8 Å². The zero-order chi connectivity index (χ0) is 27.4. The Morgan fingerprint density at radius 3 is 2.59 bits per heavy atom. The Kier molecular flexibility index (Phi) is 7.41. The van der Waals surface area contributed by atoms with Crippen molar-refractivity contribution in [1.82, 2.24) is 14.7 Å². The van der Waals surface area contributed by atoms with Crippen LogP contribution in [0.2, 0.25) is 0 Å². The highest BCUT2D eigenvalue weighted by Crippen LogP contribution is 2.33. The first-order valence-electron chi connectivity index (χ1n) is 12.4. The van der Waals surface area contributed by atoms with Gasteiger partial charge in [-0.1, -0.05) is 30.3 Å². The molecule has 3 aromatic carbocycles. The van der Waals surface area contributed by atoms with E-state index in [1.165, 1.54) is 6.07 Å². The van der Waals surface area contributed by atoms with Crippen LogP contribution in [0.5, 0.6) is 11.5 Å². The Hall–Kier alpha value is -4.91. The largest absolute Gasteiger partial charge is 0.454 e. The summed E-state index contributed by atoms with van der Waals surface area (Å²) in [6, 6.07) is 21.0. The van der Waals surface area contributed by atoms with Crippen molar-refractivity contribution in [1.29, 1.82) is 5.26 Å². The Bertz CT molecular complexity index is 1520. The lowest BCUT2D eigenvalue weighted by atomic mass is 10.1. The summed E-state index contributed by atoms with van der Waals surface area (Å²) in [5.41, 5.74) is 8.46. The van der Waals surface area contributed by atoms with Crippen molar-refractivity contribution in [3.05, 3.63) is 95.6 Å². The summed E-state index contributed by atoms with van der Waals surface area (Å²) >= 11 is 0. The molecule has 1 aliphatic heterocycles. The molecule has 0 radical (unpaired) electrons. The Morgan fingerprint density at radius 1 is 1.10 bits per heavy atom. The third-order valence-electron chi connectivity index (χ3n) is 6.51. The first kappa shape index (κ1) is 25.7. The molecule has 198 valence electrons. The van der Waals surface area contributed by atoms with E-state index in [0.717, 1.165) is 30.5 Å². The fourth-order valence-electron chi connectivity index (χ4n) is 4.53. The molecule has 0 saturated carbocycles. The lowest BCUT2D eigenvalue weighted by Gasteiger charge is -2.32. The monoisotopic (exact) mass is 529 g/mol. The zero-order valence-electron chi connectivity index (χ0n) is 20.9. The van der Waals surface area contributed by atoms with Gasteiger partial charge in [0.25, 0.3) is 0 Å². The molecule has 1 aromatic heterocycles. The number of hydrogen-bond donors (Lipinski definition) is 1. The number of benzene rings is 3. The average Bonchev–Trinajstić information content (AvgIpc) is 3.30. The molecule has 1 unspecified atom stereocenters. The van der Waals surface area contributed by atoms with E-state index in [9.17, 15) is 18.8 Å². The summed E-state index contributed by atoms with van der Waals surface area (Å²) in [6.45, 7) is 1.08. The van der Waals surface area contributed by atoms with E-state index in [-0.39, 0.29) is 29.8 Å². The number of likely N-dealkylation sites (tertiary alicyclic amines) is 1. The van der Waals surface area contributed by atoms with Gasteiger partial charge in [0.15, 0.2) is 11.6 Å². The number of nitrogens with two attached hydrogens (primary N) is 1. The average molecular weight is 530 g/mol. The van der Waals surface area contributed by atoms with Gasteiger partial charge in [0.1, 0.15) is 41.3 Å². The first-order chi connectivity index (χ1) is 18.9. The van der Waals surface area contributed by atoms with Crippen molar-refractivity contribution < 1.29 is 23.0 Å². The number of carbonyl (C=O) groups excluding carboxylic acids is 1. The number of piperidine rings is 1. The zero-order valence-corrected chi connectivity index (χ0v) is 20.9. The summed E-state index contributed by atoms with van der Waals surface area (Å²) in [4.78, 5) is 14.3. The van der Waals surface area contributed by atoms with Gasteiger partial charge in [-0.3, -0.25) is 0 Å². The topological polar surface area (TPSA) is 106 Å². The number of nitriles is 1. The molecule has 1 fully saturated rings. The van der Waals surface area contributed by atoms with E-state index in [1.807, 2.05) is 30.3 Å². The number of aromatic nitrogens is 2. The maximum absolute atomic E-state index is 13.9. The molecule has 0 aliphatic carbocycles. The van der Waals surface area contributed by atoms with Crippen molar-refractivity contribution >= 4 is 11.9 Å². The van der Waals surface area contributed by atoms with Crippen LogP contribution in [0.15, 0.2) is 72.8 Å². The molecule has 1 saturated heterocycles. The molecule has 8 nitrogen and oxygen atoms in total. The quantitative estimate of drug-likeness (QED) is 0.326. The van der Waals surface area contributed by atoms with E-state index in [4.69, 9.17) is 15.2 Å². The van der Waals surface area contributed by atoms with Crippen LogP contribution in [-0.2, 0) is 11.3 Å². The number of carbonyl (C=O) groups is 1. The molecule has 1 aliphatic rings. The fraction of sp³-hybridized carbons (Fsp3) is 0.207. The van der Waals surface area contributed by atoms with Crippen LogP contribution in [0, 0.1) is 23.0 Å². The summed E-state index contributed by atoms with van der Waals surface area (Å²) in [6.07, 6.45) is 1.05. The van der Waals surface area contributed by atoms with Gasteiger partial charge in [0.2, 0.25) is 0 Å². The second-order valence-corrected chi connectivity index (χ2v) is 9.15. The summed E-state index contributed by atoms with van der Waals surface area (Å²) < 4.78 is 39.7. The lowest BCUT2D eigenvalue weighted by Crippen LogP contribution is -2.41. The Balaban J connectivity index is 1.31. The van der Waals surface area contributed by atoms with Gasteiger partial charge in [-0.15, -0.1) is 0 Å². The molecule has 0 bridgehead atoms. The third kappa shape index (κ3) is 5.67. The Morgan fingerprint density at radius 2 is 1.87 bits per heavy atom. The van der Waals surface area contributed by atoms with E-state index in [0.29, 0.717) is 30.1 Å². The summed E-state index contributed by atoms with van der Waals surface area (Å²) in [5, 5.41) is 14.5. The van der Waals surface area contributed by atoms with Gasteiger partial charge in [0, 0.05) is 24.7 Å². The van der Waals surface area contributed by atoms with E-state index in [2.05, 4.69) is 11.2 Å². The van der Waals surface area contributed by atoms with Crippen LogP contribution in [0.1, 0.15) is 30.0 Å². The summed E-state index contributed by atoms with van der Waals surface area (Å²) in [7, 11) is 0. The highest BCUT2D eigenvalue weighted by Gasteiger charge is 2.29. The minimum absolute atomic E-state index is 0.112. The number of ether oxygens (including phenoxy) is 2. The number of nitrogen functional groups attached to an aromatic ring is 1. The van der Waals surface area contributed by atoms with Gasteiger partial charge in [-0.2, -0.15) is 10.4 Å². The van der Waals surface area contributed by atoms with Crippen molar-refractivity contribution in [2.75, 3.05) is 18.8 Å². The van der Waals surface area contributed by atoms with Crippen LogP contribution in [0.3, 0.4) is 0 Å². The highest BCUT2D eigenvalue weighted by molar-refractivity contribution is 5.73. The van der Waals surface area contributed by atoms with E-state index >= 15 is 0 Å². The number of anilines is 1. The fourth-order valence-corrected chi connectivity index (χ4v) is 4.53. The van der Waals surface area contributed by atoms with Gasteiger partial charge < -0.3 is 20.1 Å². The molecule has 1 amide bonds. The second kappa shape index (κ2) is 11.2. The van der Waals surface area contributed by atoms with Crippen LogP contribution >= 0.6 is 0 Å². The molecule has 0 spiro atoms. The van der Waals surface area contributed by atoms with Crippen molar-refractivity contribution in [3.8, 4) is 28.8 Å². The molecule has 2 heterocycles. The first-order valence-corrected chi connectivity index (χ1v) is 12.4. The maximum Gasteiger partial charge on any atom is 0.410 e. The molecular formula is C29H25F2N5O3. The van der Waals surface area contributed by atoms with Gasteiger partial charge in [0.05, 0.1) is 6.04 Å². The summed E-state index contributed by atoms with van der Waals surface area (Å²) in [5.74, 6) is -1.09. The van der Waals surface area contributed by atoms with Crippen molar-refractivity contribution in [2.24, 2.45) is 0 Å². The van der Waals surface area contributed by atoms with Gasteiger partial charge in [-0.25, -0.2) is 18.3 Å². The van der Waals surface area contributed by atoms with Crippen molar-refractivity contribution in [3.63, 3.8) is 0 Å². The minimum Gasteiger partial charge on any atom is -0.454 e. The molecule has 5 rings (SSSR count). The maximum atomic E-state index is 13.9. The second-order valence-electron chi connectivity index (χ2n) is 9.15. The smallest absolute Gasteiger partial charge is 0.410 e. The van der Waals surface area contributed by atoms with Crippen LogP contribution in [0.4, 0.5) is 19.4 Å². The van der Waals surface area contributed by atoms with Gasteiger partial charge in [-0.05, 0) is 54.8 Å². The normalized spacial score (nSPS) is 15.0. The molecule has 4 aromatic rings.